The Labute approximate surface area is 187 Å². The maximum atomic E-state index is 14.4. The van der Waals surface area contributed by atoms with Crippen LogP contribution in [0, 0.1) is 5.82 Å². The molecule has 2 aromatic carbocycles. The molecule has 2 atom stereocenters. The van der Waals surface area contributed by atoms with E-state index in [1.165, 1.54) is 0 Å². The van der Waals surface area contributed by atoms with E-state index in [0.29, 0.717) is 34.2 Å². The molecule has 0 saturated carbocycles. The number of benzene rings is 2. The standard InChI is InChI=1S/C22H19FN6O4/c1-10-20(30)27-15-7-12(3-5-17(15)32-10)25-19-14(23)9-24-22(29-19)26-13-4-6-18-16(8-13)28-21(31)11(2)33-18/h3-11H,1-2H3,(H,27,30)(H,28,31)(H2,24,25,26,29). The van der Waals surface area contributed by atoms with Crippen molar-refractivity contribution in [1.82, 2.24) is 9.97 Å². The van der Waals surface area contributed by atoms with Crippen molar-refractivity contribution in [2.75, 3.05) is 21.3 Å². The Morgan fingerprint density at radius 1 is 0.879 bits per heavy atom. The lowest BCUT2D eigenvalue weighted by atomic mass is 10.2. The van der Waals surface area contributed by atoms with E-state index in [9.17, 15) is 14.0 Å². The minimum Gasteiger partial charge on any atom is -0.479 e. The zero-order valence-electron chi connectivity index (χ0n) is 17.6. The largest absolute Gasteiger partial charge is 0.479 e. The molecule has 33 heavy (non-hydrogen) atoms. The van der Waals surface area contributed by atoms with Gasteiger partial charge in [0.2, 0.25) is 5.95 Å². The summed E-state index contributed by atoms with van der Waals surface area (Å²) in [7, 11) is 0. The Balaban J connectivity index is 1.35. The molecule has 1 aromatic heterocycles. The van der Waals surface area contributed by atoms with E-state index in [2.05, 4.69) is 31.2 Å². The number of nitrogens with zero attached hydrogens (tertiary/aromatic N) is 2. The molecule has 11 heteroatoms. The number of anilines is 6. The number of fused-ring (bicyclic) bond motifs is 2. The monoisotopic (exact) mass is 450 g/mol. The van der Waals surface area contributed by atoms with Crippen LogP contribution in [-0.4, -0.2) is 34.0 Å². The average Bonchev–Trinajstić information content (AvgIpc) is 2.78. The summed E-state index contributed by atoms with van der Waals surface area (Å²) in [4.78, 5) is 31.9. The third-order valence-electron chi connectivity index (χ3n) is 5.08. The van der Waals surface area contributed by atoms with Crippen molar-refractivity contribution in [3.8, 4) is 11.5 Å². The first-order chi connectivity index (χ1) is 15.9. The van der Waals surface area contributed by atoms with Gasteiger partial charge in [-0.05, 0) is 50.2 Å². The Kier molecular flexibility index (Phi) is 4.93. The van der Waals surface area contributed by atoms with Gasteiger partial charge in [0.15, 0.2) is 23.8 Å². The first kappa shape index (κ1) is 20.5. The number of aromatic nitrogens is 2. The Bertz CT molecular complexity index is 1280. The summed E-state index contributed by atoms with van der Waals surface area (Å²) in [6.07, 6.45) is -0.124. The topological polar surface area (TPSA) is 126 Å². The molecule has 3 heterocycles. The highest BCUT2D eigenvalue weighted by atomic mass is 19.1. The highest BCUT2D eigenvalue weighted by molar-refractivity contribution is 5.98. The van der Waals surface area contributed by atoms with Crippen molar-refractivity contribution >= 4 is 46.3 Å². The Hall–Kier alpha value is -4.41. The predicted molar refractivity (Wildman–Crippen MR) is 119 cm³/mol. The summed E-state index contributed by atoms with van der Waals surface area (Å²) < 4.78 is 25.4. The first-order valence-electron chi connectivity index (χ1n) is 10.2. The number of hydrogen-bond acceptors (Lipinski definition) is 8. The third-order valence-corrected chi connectivity index (χ3v) is 5.08. The molecular formula is C22H19FN6O4. The molecule has 2 amide bonds. The molecular weight excluding hydrogens is 431 g/mol. The quantitative estimate of drug-likeness (QED) is 0.476. The van der Waals surface area contributed by atoms with Gasteiger partial charge in [-0.3, -0.25) is 9.59 Å². The number of rotatable bonds is 4. The van der Waals surface area contributed by atoms with E-state index in [4.69, 9.17) is 9.47 Å². The van der Waals surface area contributed by atoms with Crippen molar-refractivity contribution in [3.05, 3.63) is 48.4 Å². The lowest BCUT2D eigenvalue weighted by molar-refractivity contribution is -0.123. The zero-order chi connectivity index (χ0) is 23.1. The molecule has 2 aliphatic heterocycles. The van der Waals surface area contributed by atoms with E-state index in [1.807, 2.05) is 0 Å². The lowest BCUT2D eigenvalue weighted by Gasteiger charge is -2.24. The molecule has 0 spiro atoms. The second-order valence-corrected chi connectivity index (χ2v) is 7.56. The van der Waals surface area contributed by atoms with Crippen LogP contribution in [0.25, 0.3) is 0 Å². The number of amides is 2. The minimum atomic E-state index is -0.660. The molecule has 0 aliphatic carbocycles. The van der Waals surface area contributed by atoms with Gasteiger partial charge in [0, 0.05) is 11.4 Å². The van der Waals surface area contributed by atoms with E-state index in [-0.39, 0.29) is 23.6 Å². The van der Waals surface area contributed by atoms with Crippen LogP contribution in [0.5, 0.6) is 11.5 Å². The van der Waals surface area contributed by atoms with Gasteiger partial charge >= 0.3 is 0 Å². The van der Waals surface area contributed by atoms with Gasteiger partial charge in [-0.15, -0.1) is 0 Å². The smallest absolute Gasteiger partial charge is 0.265 e. The number of carbonyl (C=O) groups excluding carboxylic acids is 2. The molecule has 10 nitrogen and oxygen atoms in total. The van der Waals surface area contributed by atoms with Crippen molar-refractivity contribution in [2.45, 2.75) is 26.1 Å². The Morgan fingerprint density at radius 2 is 1.42 bits per heavy atom. The molecule has 2 unspecified atom stereocenters. The second-order valence-electron chi connectivity index (χ2n) is 7.56. The molecule has 0 bridgehead atoms. The summed E-state index contributed by atoms with van der Waals surface area (Å²) in [6, 6.07) is 10.1. The fraction of sp³-hybridized carbons (Fsp3) is 0.182. The average molecular weight is 450 g/mol. The maximum absolute atomic E-state index is 14.4. The highest BCUT2D eigenvalue weighted by Gasteiger charge is 2.25. The minimum absolute atomic E-state index is 0.0627. The van der Waals surface area contributed by atoms with Crippen molar-refractivity contribution < 1.29 is 23.5 Å². The van der Waals surface area contributed by atoms with Gasteiger partial charge < -0.3 is 30.7 Å². The number of halogens is 1. The molecule has 5 rings (SSSR count). The molecule has 2 aliphatic rings. The molecule has 4 N–H and O–H groups in total. The number of hydrogen-bond donors (Lipinski definition) is 4. The summed E-state index contributed by atoms with van der Waals surface area (Å²) in [6.45, 7) is 3.31. The fourth-order valence-corrected chi connectivity index (χ4v) is 3.35. The maximum Gasteiger partial charge on any atom is 0.265 e. The van der Waals surface area contributed by atoms with Crippen LogP contribution in [0.2, 0.25) is 0 Å². The van der Waals surface area contributed by atoms with Gasteiger partial charge in [0.1, 0.15) is 11.5 Å². The van der Waals surface area contributed by atoms with Gasteiger partial charge in [-0.25, -0.2) is 9.37 Å². The van der Waals surface area contributed by atoms with Gasteiger partial charge in [0.25, 0.3) is 11.8 Å². The predicted octanol–water partition coefficient (Wildman–Crippen LogP) is 3.54. The van der Waals surface area contributed by atoms with E-state index < -0.39 is 18.0 Å². The molecule has 0 radical (unpaired) electrons. The van der Waals surface area contributed by atoms with Crippen LogP contribution in [0.3, 0.4) is 0 Å². The van der Waals surface area contributed by atoms with Gasteiger partial charge in [0.05, 0.1) is 17.6 Å². The Morgan fingerprint density at radius 3 is 2.00 bits per heavy atom. The summed E-state index contributed by atoms with van der Waals surface area (Å²) in [5.74, 6) is -0.0204. The van der Waals surface area contributed by atoms with E-state index in [1.54, 1.807) is 50.2 Å². The first-order valence-corrected chi connectivity index (χ1v) is 10.2. The molecule has 0 fully saturated rings. The van der Waals surface area contributed by atoms with Crippen molar-refractivity contribution in [1.29, 1.82) is 0 Å². The van der Waals surface area contributed by atoms with Gasteiger partial charge in [-0.1, -0.05) is 0 Å². The second kappa shape index (κ2) is 7.93. The summed E-state index contributed by atoms with van der Waals surface area (Å²) >= 11 is 0. The van der Waals surface area contributed by atoms with Crippen LogP contribution < -0.4 is 30.7 Å². The van der Waals surface area contributed by atoms with Crippen molar-refractivity contribution in [3.63, 3.8) is 0 Å². The SMILES string of the molecule is CC1Oc2ccc(Nc3ncc(F)c(Nc4ccc5c(c4)NC(=O)C(C)O5)n3)cc2NC1=O. The van der Waals surface area contributed by atoms with Crippen LogP contribution >= 0.6 is 0 Å². The normalized spacial score (nSPS) is 18.6. The van der Waals surface area contributed by atoms with Crippen molar-refractivity contribution in [2.24, 2.45) is 0 Å². The fourth-order valence-electron chi connectivity index (χ4n) is 3.35. The molecule has 0 saturated heterocycles. The zero-order valence-corrected chi connectivity index (χ0v) is 17.6. The van der Waals surface area contributed by atoms with Crippen LogP contribution in [0.1, 0.15) is 13.8 Å². The lowest BCUT2D eigenvalue weighted by Crippen LogP contribution is -2.34. The molecule has 3 aromatic rings. The van der Waals surface area contributed by atoms with Crippen LogP contribution in [-0.2, 0) is 9.59 Å². The molecule has 168 valence electrons. The highest BCUT2D eigenvalue weighted by Crippen LogP contribution is 2.34. The van der Waals surface area contributed by atoms with E-state index >= 15 is 0 Å². The van der Waals surface area contributed by atoms with Gasteiger partial charge in [-0.2, -0.15) is 4.98 Å². The summed E-state index contributed by atoms with van der Waals surface area (Å²) in [5.41, 5.74) is 2.06. The number of carbonyl (C=O) groups is 2. The number of ether oxygens (including phenoxy) is 2. The summed E-state index contributed by atoms with van der Waals surface area (Å²) in [5, 5.41) is 11.4. The number of nitrogens with one attached hydrogen (secondary N) is 4. The van der Waals surface area contributed by atoms with Crippen LogP contribution in [0.15, 0.2) is 42.6 Å². The van der Waals surface area contributed by atoms with E-state index in [0.717, 1.165) is 6.20 Å². The van der Waals surface area contributed by atoms with Crippen LogP contribution in [0.4, 0.5) is 38.9 Å². The third kappa shape index (κ3) is 4.07.